The van der Waals surface area contributed by atoms with Crippen LogP contribution >= 0.6 is 11.6 Å². The molecule has 39 heavy (non-hydrogen) atoms. The van der Waals surface area contributed by atoms with Crippen molar-refractivity contribution in [3.63, 3.8) is 0 Å². The molecule has 206 valence electrons. The summed E-state index contributed by atoms with van der Waals surface area (Å²) in [7, 11) is -3.80. The average molecular weight is 565 g/mol. The Morgan fingerprint density at radius 2 is 1.54 bits per heavy atom. The van der Waals surface area contributed by atoms with Gasteiger partial charge in [-0.05, 0) is 92.8 Å². The second-order valence-electron chi connectivity index (χ2n) is 9.75. The summed E-state index contributed by atoms with van der Waals surface area (Å²) in [5.74, 6) is 1.31. The first kappa shape index (κ1) is 29.1. The van der Waals surface area contributed by atoms with Gasteiger partial charge in [-0.15, -0.1) is 0 Å². The molecule has 4 aromatic rings. The summed E-state index contributed by atoms with van der Waals surface area (Å²) >= 11 is 6.01. The Labute approximate surface area is 238 Å². The normalized spacial score (nSPS) is 12.8. The first-order chi connectivity index (χ1) is 18.8. The van der Waals surface area contributed by atoms with Gasteiger partial charge < -0.3 is 9.64 Å². The van der Waals surface area contributed by atoms with Crippen LogP contribution in [0.1, 0.15) is 39.2 Å². The van der Waals surface area contributed by atoms with Gasteiger partial charge in [-0.2, -0.15) is 4.31 Å². The predicted octanol–water partition coefficient (Wildman–Crippen LogP) is 7.99. The Hall–Kier alpha value is -2.90. The van der Waals surface area contributed by atoms with Crippen LogP contribution in [0.2, 0.25) is 5.02 Å². The van der Waals surface area contributed by atoms with Gasteiger partial charge in [0.2, 0.25) is 10.0 Å². The average Bonchev–Trinajstić information content (AvgIpc) is 2.95. The van der Waals surface area contributed by atoms with Gasteiger partial charge in [-0.3, -0.25) is 0 Å². The number of sulfonamides is 1. The lowest BCUT2D eigenvalue weighted by atomic mass is 10.1. The summed E-state index contributed by atoms with van der Waals surface area (Å²) in [5, 5.41) is 2.28. The van der Waals surface area contributed by atoms with Crippen LogP contribution in [0.15, 0.2) is 95.9 Å². The second-order valence-corrected chi connectivity index (χ2v) is 12.0. The highest BCUT2D eigenvalue weighted by atomic mass is 35.5. The van der Waals surface area contributed by atoms with Crippen LogP contribution < -0.4 is 4.74 Å². The van der Waals surface area contributed by atoms with Crippen LogP contribution in [0.25, 0.3) is 10.8 Å². The second kappa shape index (κ2) is 13.4. The third-order valence-electron chi connectivity index (χ3n) is 7.10. The van der Waals surface area contributed by atoms with Crippen LogP contribution in [0, 0.1) is 0 Å². The van der Waals surface area contributed by atoms with Crippen molar-refractivity contribution in [2.45, 2.75) is 51.1 Å². The highest BCUT2D eigenvalue weighted by molar-refractivity contribution is 7.89. The lowest BCUT2D eigenvalue weighted by Crippen LogP contribution is -2.38. The van der Waals surface area contributed by atoms with Crippen molar-refractivity contribution in [3.05, 3.63) is 102 Å². The number of ether oxygens (including phenoxy) is 1. The highest BCUT2D eigenvalue weighted by Gasteiger charge is 2.30. The number of halogens is 1. The van der Waals surface area contributed by atoms with Crippen LogP contribution in [-0.4, -0.2) is 43.3 Å². The third-order valence-corrected chi connectivity index (χ3v) is 9.37. The number of rotatable bonds is 13. The fraction of sp³-hybridized carbons (Fsp3) is 0.312. The molecule has 0 heterocycles. The molecule has 4 rings (SSSR count). The molecule has 0 bridgehead atoms. The van der Waals surface area contributed by atoms with E-state index < -0.39 is 10.0 Å². The Balaban J connectivity index is 1.64. The van der Waals surface area contributed by atoms with Crippen molar-refractivity contribution >= 4 is 32.4 Å². The fourth-order valence-corrected chi connectivity index (χ4v) is 6.84. The molecule has 0 aliphatic rings. The van der Waals surface area contributed by atoms with Gasteiger partial charge >= 0.3 is 0 Å². The molecule has 0 saturated carbocycles. The summed E-state index contributed by atoms with van der Waals surface area (Å²) in [5.41, 5.74) is 0.862. The first-order valence-electron chi connectivity index (χ1n) is 13.6. The minimum atomic E-state index is -3.80. The van der Waals surface area contributed by atoms with Gasteiger partial charge in [-0.25, -0.2) is 8.42 Å². The molecule has 4 aromatic carbocycles. The fourth-order valence-electron chi connectivity index (χ4n) is 4.84. The zero-order valence-electron chi connectivity index (χ0n) is 22.9. The van der Waals surface area contributed by atoms with E-state index in [9.17, 15) is 8.42 Å². The predicted molar refractivity (Wildman–Crippen MR) is 161 cm³/mol. The Kier molecular flexibility index (Phi) is 10.0. The van der Waals surface area contributed by atoms with Gasteiger partial charge in [0, 0.05) is 23.0 Å². The van der Waals surface area contributed by atoms with Crippen molar-refractivity contribution < 1.29 is 13.2 Å². The van der Waals surface area contributed by atoms with E-state index in [0.717, 1.165) is 48.8 Å². The third kappa shape index (κ3) is 7.40. The van der Waals surface area contributed by atoms with E-state index in [1.54, 1.807) is 22.5 Å². The highest BCUT2D eigenvalue weighted by Crippen LogP contribution is 2.30. The minimum Gasteiger partial charge on any atom is -0.457 e. The number of benzene rings is 4. The monoisotopic (exact) mass is 564 g/mol. The number of hydrogen-bond donors (Lipinski definition) is 0. The quantitative estimate of drug-likeness (QED) is 0.165. The number of fused-ring (bicyclic) bond motifs is 1. The molecule has 0 N–H and O–H groups in total. The largest absolute Gasteiger partial charge is 0.457 e. The molecule has 0 amide bonds. The van der Waals surface area contributed by atoms with E-state index in [-0.39, 0.29) is 12.6 Å². The standard InChI is InChI=1S/C32H37ClN2O3S/c1-4-34(5-2)22-10-11-25(3)35(39(36,37)32-17-9-14-27-13-6-7-16-31(27)32)24-26-12-8-15-30(23-26)38-29-20-18-28(33)19-21-29/h6-9,12-21,23,25H,4-5,10-11,22,24H2,1-3H3. The topological polar surface area (TPSA) is 49.9 Å². The van der Waals surface area contributed by atoms with E-state index in [1.165, 1.54) is 0 Å². The molecule has 0 fully saturated rings. The summed E-state index contributed by atoms with van der Waals surface area (Å²) in [6.45, 7) is 9.50. The van der Waals surface area contributed by atoms with E-state index >= 15 is 0 Å². The minimum absolute atomic E-state index is 0.189. The SMILES string of the molecule is CCN(CC)CCCC(C)N(Cc1cccc(Oc2ccc(Cl)cc2)c1)S(=O)(=O)c1cccc2ccccc12. The molecule has 1 unspecified atom stereocenters. The van der Waals surface area contributed by atoms with Crippen molar-refractivity contribution in [2.24, 2.45) is 0 Å². The lowest BCUT2D eigenvalue weighted by Gasteiger charge is -2.30. The van der Waals surface area contributed by atoms with E-state index in [0.29, 0.717) is 21.4 Å². The smallest absolute Gasteiger partial charge is 0.244 e. The van der Waals surface area contributed by atoms with Gasteiger partial charge in [0.25, 0.3) is 0 Å². The van der Waals surface area contributed by atoms with E-state index in [2.05, 4.69) is 18.7 Å². The van der Waals surface area contributed by atoms with E-state index in [1.807, 2.05) is 79.7 Å². The van der Waals surface area contributed by atoms with Crippen LogP contribution in [0.5, 0.6) is 11.5 Å². The number of nitrogens with zero attached hydrogens (tertiary/aromatic N) is 2. The summed E-state index contributed by atoms with van der Waals surface area (Å²) in [6, 6.07) is 27.7. The van der Waals surface area contributed by atoms with Crippen molar-refractivity contribution in [3.8, 4) is 11.5 Å². The number of hydrogen-bond acceptors (Lipinski definition) is 4. The maximum absolute atomic E-state index is 14.3. The summed E-state index contributed by atoms with van der Waals surface area (Å²) in [6.07, 6.45) is 1.69. The van der Waals surface area contributed by atoms with Crippen LogP contribution in [0.4, 0.5) is 0 Å². The van der Waals surface area contributed by atoms with Crippen molar-refractivity contribution in [2.75, 3.05) is 19.6 Å². The molecule has 0 radical (unpaired) electrons. The molecule has 5 nitrogen and oxygen atoms in total. The lowest BCUT2D eigenvalue weighted by molar-refractivity contribution is 0.265. The zero-order valence-corrected chi connectivity index (χ0v) is 24.5. The molecule has 1 atom stereocenters. The molecule has 7 heteroatoms. The maximum atomic E-state index is 14.3. The summed E-state index contributed by atoms with van der Waals surface area (Å²) < 4.78 is 36.2. The Morgan fingerprint density at radius 1 is 0.846 bits per heavy atom. The molecular weight excluding hydrogens is 528 g/mol. The molecule has 0 aliphatic carbocycles. The van der Waals surface area contributed by atoms with Crippen LogP contribution in [0.3, 0.4) is 0 Å². The molecule has 0 aliphatic heterocycles. The van der Waals surface area contributed by atoms with Crippen molar-refractivity contribution in [1.29, 1.82) is 0 Å². The Morgan fingerprint density at radius 3 is 2.28 bits per heavy atom. The van der Waals surface area contributed by atoms with E-state index in [4.69, 9.17) is 16.3 Å². The molecular formula is C32H37ClN2O3S. The summed E-state index contributed by atoms with van der Waals surface area (Å²) in [4.78, 5) is 2.71. The Bertz CT molecular complexity index is 1470. The van der Waals surface area contributed by atoms with Gasteiger partial charge in [0.15, 0.2) is 0 Å². The molecule has 0 saturated heterocycles. The van der Waals surface area contributed by atoms with Gasteiger partial charge in [0.05, 0.1) is 4.90 Å². The maximum Gasteiger partial charge on any atom is 0.244 e. The molecule has 0 spiro atoms. The first-order valence-corrected chi connectivity index (χ1v) is 15.4. The van der Waals surface area contributed by atoms with Crippen LogP contribution in [-0.2, 0) is 16.6 Å². The van der Waals surface area contributed by atoms with Gasteiger partial charge in [-0.1, -0.05) is 74.0 Å². The zero-order chi connectivity index (χ0) is 27.8. The van der Waals surface area contributed by atoms with Gasteiger partial charge in [0.1, 0.15) is 11.5 Å². The van der Waals surface area contributed by atoms with Crippen molar-refractivity contribution in [1.82, 2.24) is 9.21 Å². The molecule has 0 aromatic heterocycles.